The molecule has 0 aliphatic carbocycles. The summed E-state index contributed by atoms with van der Waals surface area (Å²) in [6.07, 6.45) is 11.1. The summed E-state index contributed by atoms with van der Waals surface area (Å²) in [6, 6.07) is 7.99. The highest BCUT2D eigenvalue weighted by Crippen LogP contribution is 2.16. The zero-order valence-electron chi connectivity index (χ0n) is 21.4. The minimum atomic E-state index is -0.707. The van der Waals surface area contributed by atoms with Gasteiger partial charge in [-0.05, 0) is 25.2 Å². The van der Waals surface area contributed by atoms with Gasteiger partial charge in [0.05, 0.1) is 6.42 Å². The average Bonchev–Trinajstić information content (AvgIpc) is 2.81. The van der Waals surface area contributed by atoms with Crippen LogP contribution in [-0.2, 0) is 19.1 Å². The second-order valence-electron chi connectivity index (χ2n) is 9.57. The molecule has 0 saturated carbocycles. The molecule has 6 heteroatoms. The first-order valence-electron chi connectivity index (χ1n) is 13.0. The molecule has 0 spiro atoms. The molecule has 1 aromatic carbocycles. The molecule has 1 aromatic rings. The summed E-state index contributed by atoms with van der Waals surface area (Å²) in [6.45, 7) is 5.88. The van der Waals surface area contributed by atoms with Crippen LogP contribution in [0.15, 0.2) is 30.3 Å². The van der Waals surface area contributed by atoms with E-state index in [4.69, 9.17) is 15.2 Å². The lowest BCUT2D eigenvalue weighted by molar-refractivity contribution is -0.156. The number of carbonyl (C=O) groups is 3. The van der Waals surface area contributed by atoms with Crippen molar-refractivity contribution in [3.63, 3.8) is 0 Å². The Hall–Kier alpha value is -2.21. The van der Waals surface area contributed by atoms with Gasteiger partial charge in [-0.2, -0.15) is 0 Å². The van der Waals surface area contributed by atoms with Gasteiger partial charge in [0, 0.05) is 5.56 Å². The lowest BCUT2D eigenvalue weighted by atomic mass is 10.0. The van der Waals surface area contributed by atoms with Crippen LogP contribution in [0, 0.1) is 5.92 Å². The molecular weight excluding hydrogens is 430 g/mol. The maximum absolute atomic E-state index is 12.4. The topological polar surface area (TPSA) is 95.7 Å². The van der Waals surface area contributed by atoms with Gasteiger partial charge in [0.2, 0.25) is 0 Å². The minimum absolute atomic E-state index is 0.0702. The Morgan fingerprint density at radius 1 is 0.882 bits per heavy atom. The van der Waals surface area contributed by atoms with Gasteiger partial charge >= 0.3 is 11.9 Å². The molecular formula is C28H45NO5. The number of carbonyl (C=O) groups excluding carboxylic acids is 3. The maximum atomic E-state index is 12.4. The van der Waals surface area contributed by atoms with Crippen LogP contribution < -0.4 is 5.73 Å². The molecule has 34 heavy (non-hydrogen) atoms. The van der Waals surface area contributed by atoms with Crippen molar-refractivity contribution in [2.75, 3.05) is 6.61 Å². The van der Waals surface area contributed by atoms with Gasteiger partial charge in [0.1, 0.15) is 12.1 Å². The summed E-state index contributed by atoms with van der Waals surface area (Å²) in [7, 11) is 0. The fourth-order valence-electron chi connectivity index (χ4n) is 3.84. The standard InChI is InChI=1S/C28H45NO5/c1-4-5-6-7-8-9-10-11-15-18-24(34-28(32)25(29)19-22(2)3)20-27(31)33-21-26(30)23-16-13-12-14-17-23/h12-14,16-17,22,24-25H,4-11,15,18-21,29H2,1-3H3/t24-,25-/m0/s1. The SMILES string of the molecule is CCCCCCCCCCC[C@@H](CC(=O)OCC(=O)c1ccccc1)OC(=O)[C@@H](N)CC(C)C. The van der Waals surface area contributed by atoms with Crippen molar-refractivity contribution in [3.8, 4) is 0 Å². The molecule has 0 aliphatic heterocycles. The Bertz CT molecular complexity index is 704. The number of ketones is 1. The van der Waals surface area contributed by atoms with E-state index in [0.717, 1.165) is 19.3 Å². The highest BCUT2D eigenvalue weighted by molar-refractivity contribution is 5.97. The Balaban J connectivity index is 2.48. The van der Waals surface area contributed by atoms with Crippen molar-refractivity contribution in [1.82, 2.24) is 0 Å². The van der Waals surface area contributed by atoms with E-state index in [-0.39, 0.29) is 24.7 Å². The molecule has 192 valence electrons. The lowest BCUT2D eigenvalue weighted by Gasteiger charge is -2.20. The number of esters is 2. The fraction of sp³-hybridized carbons (Fsp3) is 0.679. The molecule has 0 amide bonds. The smallest absolute Gasteiger partial charge is 0.323 e. The van der Waals surface area contributed by atoms with Crippen molar-refractivity contribution in [2.45, 2.75) is 110 Å². The molecule has 0 bridgehead atoms. The highest BCUT2D eigenvalue weighted by Gasteiger charge is 2.24. The van der Waals surface area contributed by atoms with Gasteiger partial charge in [-0.1, -0.05) is 102 Å². The Morgan fingerprint density at radius 2 is 1.47 bits per heavy atom. The molecule has 0 unspecified atom stereocenters. The van der Waals surface area contributed by atoms with Crippen molar-refractivity contribution >= 4 is 17.7 Å². The van der Waals surface area contributed by atoms with Crippen molar-refractivity contribution in [1.29, 1.82) is 0 Å². The van der Waals surface area contributed by atoms with Crippen LogP contribution in [0.1, 0.15) is 108 Å². The molecule has 0 aliphatic rings. The molecule has 6 nitrogen and oxygen atoms in total. The summed E-state index contributed by atoms with van der Waals surface area (Å²) in [5.41, 5.74) is 6.46. The zero-order chi connectivity index (χ0) is 25.2. The summed E-state index contributed by atoms with van der Waals surface area (Å²) in [5.74, 6) is -1.02. The Kier molecular flexibility index (Phi) is 15.9. The number of hydrogen-bond donors (Lipinski definition) is 1. The van der Waals surface area contributed by atoms with E-state index in [1.54, 1.807) is 24.3 Å². The fourth-order valence-corrected chi connectivity index (χ4v) is 3.84. The van der Waals surface area contributed by atoms with Gasteiger partial charge in [-0.15, -0.1) is 0 Å². The van der Waals surface area contributed by atoms with Crippen LogP contribution in [-0.4, -0.2) is 36.5 Å². The first-order chi connectivity index (χ1) is 16.3. The molecule has 2 atom stereocenters. The number of benzene rings is 1. The number of unbranched alkanes of at least 4 members (excludes halogenated alkanes) is 8. The number of rotatable bonds is 19. The third-order valence-corrected chi connectivity index (χ3v) is 5.79. The molecule has 0 aromatic heterocycles. The molecule has 0 fully saturated rings. The monoisotopic (exact) mass is 475 g/mol. The van der Waals surface area contributed by atoms with E-state index in [0.29, 0.717) is 18.4 Å². The second-order valence-corrected chi connectivity index (χ2v) is 9.57. The molecule has 2 N–H and O–H groups in total. The van der Waals surface area contributed by atoms with Crippen LogP contribution in [0.5, 0.6) is 0 Å². The van der Waals surface area contributed by atoms with Crippen molar-refractivity contribution < 1.29 is 23.9 Å². The van der Waals surface area contributed by atoms with Crippen LogP contribution in [0.25, 0.3) is 0 Å². The van der Waals surface area contributed by atoms with Crippen molar-refractivity contribution in [3.05, 3.63) is 35.9 Å². The summed E-state index contributed by atoms with van der Waals surface area (Å²) < 4.78 is 10.8. The van der Waals surface area contributed by atoms with Crippen LogP contribution >= 0.6 is 0 Å². The number of ether oxygens (including phenoxy) is 2. The number of nitrogens with two attached hydrogens (primary N) is 1. The van der Waals surface area contributed by atoms with E-state index in [1.807, 2.05) is 19.9 Å². The first-order valence-corrected chi connectivity index (χ1v) is 13.0. The maximum Gasteiger partial charge on any atom is 0.323 e. The van der Waals surface area contributed by atoms with E-state index < -0.39 is 24.1 Å². The van der Waals surface area contributed by atoms with Gasteiger partial charge in [-0.25, -0.2) is 0 Å². The zero-order valence-corrected chi connectivity index (χ0v) is 21.4. The van der Waals surface area contributed by atoms with E-state index in [2.05, 4.69) is 6.92 Å². The second kappa shape index (κ2) is 18.2. The summed E-state index contributed by atoms with van der Waals surface area (Å²) >= 11 is 0. The third-order valence-electron chi connectivity index (χ3n) is 5.79. The summed E-state index contributed by atoms with van der Waals surface area (Å²) in [4.78, 5) is 37.0. The van der Waals surface area contributed by atoms with E-state index in [1.165, 1.54) is 38.5 Å². The highest BCUT2D eigenvalue weighted by atomic mass is 16.6. The van der Waals surface area contributed by atoms with Crippen molar-refractivity contribution in [2.24, 2.45) is 11.7 Å². The Morgan fingerprint density at radius 3 is 2.06 bits per heavy atom. The van der Waals surface area contributed by atoms with Gasteiger partial charge in [-0.3, -0.25) is 14.4 Å². The largest absolute Gasteiger partial charge is 0.461 e. The van der Waals surface area contributed by atoms with Gasteiger partial charge in [0.25, 0.3) is 0 Å². The van der Waals surface area contributed by atoms with Crippen LogP contribution in [0.4, 0.5) is 0 Å². The van der Waals surface area contributed by atoms with Gasteiger partial charge < -0.3 is 15.2 Å². The molecule has 0 radical (unpaired) electrons. The van der Waals surface area contributed by atoms with Crippen LogP contribution in [0.3, 0.4) is 0 Å². The normalized spacial score (nSPS) is 12.9. The number of hydrogen-bond acceptors (Lipinski definition) is 6. The first kappa shape index (κ1) is 29.8. The van der Waals surface area contributed by atoms with Gasteiger partial charge in [0.15, 0.2) is 12.4 Å². The number of Topliss-reactive ketones (excluding diaryl/α,β-unsaturated/α-hetero) is 1. The van der Waals surface area contributed by atoms with Crippen LogP contribution in [0.2, 0.25) is 0 Å². The predicted octanol–water partition coefficient (Wildman–Crippen LogP) is 6.01. The average molecular weight is 476 g/mol. The molecule has 1 rings (SSSR count). The lowest BCUT2D eigenvalue weighted by Crippen LogP contribution is -2.36. The Labute approximate surface area is 206 Å². The quantitative estimate of drug-likeness (QED) is 0.150. The predicted molar refractivity (Wildman–Crippen MR) is 136 cm³/mol. The van der Waals surface area contributed by atoms with E-state index >= 15 is 0 Å². The third kappa shape index (κ3) is 14.1. The minimum Gasteiger partial charge on any atom is -0.461 e. The molecule has 0 heterocycles. The van der Waals surface area contributed by atoms with E-state index in [9.17, 15) is 14.4 Å². The summed E-state index contributed by atoms with van der Waals surface area (Å²) in [5, 5.41) is 0. The molecule has 0 saturated heterocycles.